The first-order valence-corrected chi connectivity index (χ1v) is 4.52. The molecule has 0 aliphatic carbocycles. The molecule has 0 spiro atoms. The average Bonchev–Trinajstić information content (AvgIpc) is 2.21. The number of hydrogen-bond donors (Lipinski definition) is 0. The Kier molecular flexibility index (Phi) is 3.80. The first-order chi connectivity index (χ1) is 6.77. The molecule has 2 heteroatoms. The molecule has 1 rings (SSSR count). The molecule has 0 aliphatic heterocycles. The van der Waals surface area contributed by atoms with Crippen LogP contribution in [-0.4, -0.2) is 11.2 Å². The summed E-state index contributed by atoms with van der Waals surface area (Å²) in [5.41, 5.74) is 2.90. The second kappa shape index (κ2) is 5.12. The highest BCUT2D eigenvalue weighted by molar-refractivity contribution is 5.78. The van der Waals surface area contributed by atoms with Gasteiger partial charge in [-0.25, -0.2) is 0 Å². The third-order valence-electron chi connectivity index (χ3n) is 1.77. The lowest BCUT2D eigenvalue weighted by Crippen LogP contribution is -1.87. The van der Waals surface area contributed by atoms with Crippen LogP contribution in [0.5, 0.6) is 0 Å². The van der Waals surface area contributed by atoms with Crippen LogP contribution in [0.2, 0.25) is 0 Å². The van der Waals surface area contributed by atoms with Crippen LogP contribution in [0.25, 0.3) is 5.70 Å². The minimum atomic E-state index is 0.866. The number of allylic oxidation sites excluding steroid dienone is 2. The normalized spacial score (nSPS) is 12.0. The second-order valence-electron chi connectivity index (χ2n) is 2.91. The molecule has 2 nitrogen and oxygen atoms in total. The van der Waals surface area contributed by atoms with E-state index < -0.39 is 0 Å². The highest BCUT2D eigenvalue weighted by Gasteiger charge is 1.97. The lowest BCUT2D eigenvalue weighted by molar-refractivity contribution is 1.21. The molecular formula is C12H14N2. The minimum absolute atomic E-state index is 0.866. The summed E-state index contributed by atoms with van der Waals surface area (Å²) in [7, 11) is 0. The van der Waals surface area contributed by atoms with E-state index in [1.54, 1.807) is 12.3 Å². The molecule has 1 aromatic rings. The first kappa shape index (κ1) is 10.4. The quantitative estimate of drug-likeness (QED) is 0.666. The average molecular weight is 186 g/mol. The zero-order valence-corrected chi connectivity index (χ0v) is 8.57. The maximum Gasteiger partial charge on any atom is 0.0882 e. The molecule has 0 saturated carbocycles. The Hall–Kier alpha value is -1.70. The van der Waals surface area contributed by atoms with Gasteiger partial charge in [0.15, 0.2) is 0 Å². The maximum atomic E-state index is 4.29. The fourth-order valence-corrected chi connectivity index (χ4v) is 1.04. The van der Waals surface area contributed by atoms with E-state index in [2.05, 4.69) is 16.6 Å². The maximum absolute atomic E-state index is 4.29. The summed E-state index contributed by atoms with van der Waals surface area (Å²) >= 11 is 0. The SMILES string of the molecule is C=C/C=N\C(=C/C)c1ccc(C)cn1. The molecule has 0 amide bonds. The molecule has 0 radical (unpaired) electrons. The van der Waals surface area contributed by atoms with Crippen molar-refractivity contribution < 1.29 is 0 Å². The Labute approximate surface area is 84.7 Å². The van der Waals surface area contributed by atoms with E-state index in [1.165, 1.54) is 0 Å². The van der Waals surface area contributed by atoms with E-state index in [1.807, 2.05) is 38.3 Å². The van der Waals surface area contributed by atoms with E-state index in [0.717, 1.165) is 17.0 Å². The molecule has 0 atom stereocenters. The van der Waals surface area contributed by atoms with E-state index in [0.29, 0.717) is 0 Å². The molecule has 0 saturated heterocycles. The standard InChI is InChI=1S/C12H14N2/c1-4-8-13-11(5-2)12-7-6-10(3)9-14-12/h4-9H,1H2,2-3H3/b11-5-,13-8-. The molecule has 1 aromatic heterocycles. The summed E-state index contributed by atoms with van der Waals surface area (Å²) in [6.07, 6.45) is 7.08. The summed E-state index contributed by atoms with van der Waals surface area (Å²) in [5.74, 6) is 0. The molecule has 14 heavy (non-hydrogen) atoms. The summed E-state index contributed by atoms with van der Waals surface area (Å²) in [6, 6.07) is 3.99. The summed E-state index contributed by atoms with van der Waals surface area (Å²) in [5, 5.41) is 0. The molecule has 0 aliphatic rings. The highest BCUT2D eigenvalue weighted by Crippen LogP contribution is 2.12. The number of rotatable bonds is 3. The number of nitrogens with zero attached hydrogens (tertiary/aromatic N) is 2. The van der Waals surface area contributed by atoms with E-state index >= 15 is 0 Å². The van der Waals surface area contributed by atoms with Crippen molar-refractivity contribution in [3.05, 3.63) is 48.3 Å². The molecule has 0 aromatic carbocycles. The Morgan fingerprint density at radius 3 is 2.79 bits per heavy atom. The number of aromatic nitrogens is 1. The minimum Gasteiger partial charge on any atom is -0.255 e. The number of aliphatic imine (C=N–C) groups is 1. The van der Waals surface area contributed by atoms with Gasteiger partial charge in [0.25, 0.3) is 0 Å². The van der Waals surface area contributed by atoms with E-state index in [-0.39, 0.29) is 0 Å². The van der Waals surface area contributed by atoms with E-state index in [9.17, 15) is 0 Å². The predicted octanol–water partition coefficient (Wildman–Crippen LogP) is 3.01. The topological polar surface area (TPSA) is 25.2 Å². The summed E-state index contributed by atoms with van der Waals surface area (Å²) in [4.78, 5) is 8.50. The van der Waals surface area contributed by atoms with Gasteiger partial charge >= 0.3 is 0 Å². The number of pyridine rings is 1. The molecule has 1 heterocycles. The summed E-state index contributed by atoms with van der Waals surface area (Å²) < 4.78 is 0. The Balaban J connectivity index is 2.96. The molecule has 72 valence electrons. The lowest BCUT2D eigenvalue weighted by Gasteiger charge is -1.99. The van der Waals surface area contributed by atoms with Crippen LogP contribution in [0.15, 0.2) is 42.1 Å². The first-order valence-electron chi connectivity index (χ1n) is 4.52. The van der Waals surface area contributed by atoms with Crippen molar-refractivity contribution in [2.24, 2.45) is 4.99 Å². The Morgan fingerprint density at radius 1 is 1.50 bits per heavy atom. The molecule has 0 fully saturated rings. The van der Waals surface area contributed by atoms with Gasteiger partial charge in [-0.15, -0.1) is 0 Å². The van der Waals surface area contributed by atoms with Crippen LogP contribution in [0, 0.1) is 6.92 Å². The monoisotopic (exact) mass is 186 g/mol. The van der Waals surface area contributed by atoms with Crippen LogP contribution >= 0.6 is 0 Å². The van der Waals surface area contributed by atoms with Gasteiger partial charge in [-0.2, -0.15) is 0 Å². The van der Waals surface area contributed by atoms with Gasteiger partial charge in [-0.3, -0.25) is 9.98 Å². The van der Waals surface area contributed by atoms with Gasteiger partial charge in [0.1, 0.15) is 0 Å². The highest BCUT2D eigenvalue weighted by atomic mass is 14.8. The Morgan fingerprint density at radius 2 is 2.29 bits per heavy atom. The third-order valence-corrected chi connectivity index (χ3v) is 1.77. The van der Waals surface area contributed by atoms with Crippen molar-refractivity contribution in [3.8, 4) is 0 Å². The molecule has 0 N–H and O–H groups in total. The van der Waals surface area contributed by atoms with Crippen LogP contribution in [0.3, 0.4) is 0 Å². The fourth-order valence-electron chi connectivity index (χ4n) is 1.04. The van der Waals surface area contributed by atoms with Gasteiger partial charge in [-0.1, -0.05) is 24.8 Å². The van der Waals surface area contributed by atoms with Crippen LogP contribution < -0.4 is 0 Å². The van der Waals surface area contributed by atoms with Crippen molar-refractivity contribution in [2.75, 3.05) is 0 Å². The van der Waals surface area contributed by atoms with Crippen molar-refractivity contribution in [1.29, 1.82) is 0 Å². The van der Waals surface area contributed by atoms with E-state index in [4.69, 9.17) is 0 Å². The third kappa shape index (κ3) is 2.66. The summed E-state index contributed by atoms with van der Waals surface area (Å²) in [6.45, 7) is 7.53. The van der Waals surface area contributed by atoms with Crippen LogP contribution in [-0.2, 0) is 0 Å². The largest absolute Gasteiger partial charge is 0.255 e. The van der Waals surface area contributed by atoms with Gasteiger partial charge in [0, 0.05) is 12.4 Å². The molecular weight excluding hydrogens is 172 g/mol. The number of hydrogen-bond acceptors (Lipinski definition) is 2. The van der Waals surface area contributed by atoms with Gasteiger partial charge in [-0.05, 0) is 25.5 Å². The number of aryl methyl sites for hydroxylation is 1. The lowest BCUT2D eigenvalue weighted by atomic mass is 10.2. The van der Waals surface area contributed by atoms with Crippen molar-refractivity contribution in [1.82, 2.24) is 4.98 Å². The van der Waals surface area contributed by atoms with Crippen LogP contribution in [0.1, 0.15) is 18.2 Å². The van der Waals surface area contributed by atoms with Crippen molar-refractivity contribution in [2.45, 2.75) is 13.8 Å². The van der Waals surface area contributed by atoms with Gasteiger partial charge in [0.05, 0.1) is 11.4 Å². The van der Waals surface area contributed by atoms with Crippen LogP contribution in [0.4, 0.5) is 0 Å². The zero-order valence-electron chi connectivity index (χ0n) is 8.57. The Bertz CT molecular complexity index is 358. The predicted molar refractivity (Wildman–Crippen MR) is 61.3 cm³/mol. The molecule has 0 bridgehead atoms. The zero-order chi connectivity index (χ0) is 10.4. The van der Waals surface area contributed by atoms with Crippen molar-refractivity contribution >= 4 is 11.9 Å². The smallest absolute Gasteiger partial charge is 0.0882 e. The second-order valence-corrected chi connectivity index (χ2v) is 2.91. The van der Waals surface area contributed by atoms with Gasteiger partial charge < -0.3 is 0 Å². The fraction of sp³-hybridized carbons (Fsp3) is 0.167. The van der Waals surface area contributed by atoms with Crippen molar-refractivity contribution in [3.63, 3.8) is 0 Å². The van der Waals surface area contributed by atoms with Gasteiger partial charge in [0.2, 0.25) is 0 Å². The molecule has 0 unspecified atom stereocenters.